The van der Waals surface area contributed by atoms with Gasteiger partial charge < -0.3 is 5.11 Å². The van der Waals surface area contributed by atoms with Crippen LogP contribution in [0.15, 0.2) is 58.9 Å². The van der Waals surface area contributed by atoms with Crippen LogP contribution in [0, 0.1) is 0 Å². The van der Waals surface area contributed by atoms with Gasteiger partial charge in [0, 0.05) is 27.7 Å². The molecule has 0 radical (unpaired) electrons. The number of halogens is 1. The van der Waals surface area contributed by atoms with Crippen LogP contribution in [0.25, 0.3) is 11.3 Å². The van der Waals surface area contributed by atoms with Crippen LogP contribution in [0.5, 0.6) is 5.75 Å². The summed E-state index contributed by atoms with van der Waals surface area (Å²) in [5.74, 6) is 0.198. The molecule has 21 heavy (non-hydrogen) atoms. The van der Waals surface area contributed by atoms with E-state index in [9.17, 15) is 5.11 Å². The molecule has 0 saturated heterocycles. The van der Waals surface area contributed by atoms with Gasteiger partial charge in [0.05, 0.1) is 5.69 Å². The average Bonchev–Trinajstić information content (AvgIpc) is 2.96. The molecule has 0 unspecified atom stereocenters. The number of phenolic OH excluding ortho intramolecular Hbond substituents is 1. The fourth-order valence-corrected chi connectivity index (χ4v) is 2.73. The van der Waals surface area contributed by atoms with Crippen molar-refractivity contribution in [2.24, 2.45) is 4.99 Å². The van der Waals surface area contributed by atoms with Crippen molar-refractivity contribution in [1.82, 2.24) is 4.98 Å². The third-order valence-corrected chi connectivity index (χ3v) is 3.97. The van der Waals surface area contributed by atoms with E-state index >= 15 is 0 Å². The molecule has 2 aromatic carbocycles. The lowest BCUT2D eigenvalue weighted by Gasteiger charge is -1.98. The number of phenols is 1. The minimum Gasteiger partial charge on any atom is -0.507 e. The Bertz CT molecular complexity index is 798. The maximum atomic E-state index is 9.68. The first-order valence-corrected chi connectivity index (χ1v) is 7.52. The fraction of sp³-hybridized carbons (Fsp3) is 0. The SMILES string of the molecule is Oc1ccccc1/C=N/c1nc(-c2ccccc2Cl)cs1. The van der Waals surface area contributed by atoms with Crippen molar-refractivity contribution < 1.29 is 5.11 Å². The number of hydrogen-bond donors (Lipinski definition) is 1. The number of rotatable bonds is 3. The number of aromatic nitrogens is 1. The van der Waals surface area contributed by atoms with Gasteiger partial charge in [0.2, 0.25) is 5.13 Å². The Morgan fingerprint density at radius 1 is 1.10 bits per heavy atom. The van der Waals surface area contributed by atoms with Crippen LogP contribution < -0.4 is 0 Å². The van der Waals surface area contributed by atoms with Crippen molar-refractivity contribution >= 4 is 34.3 Å². The largest absolute Gasteiger partial charge is 0.507 e. The summed E-state index contributed by atoms with van der Waals surface area (Å²) in [5, 5.41) is 12.9. The van der Waals surface area contributed by atoms with Crippen LogP contribution in [-0.2, 0) is 0 Å². The highest BCUT2D eigenvalue weighted by Gasteiger charge is 2.07. The molecule has 3 nitrogen and oxygen atoms in total. The van der Waals surface area contributed by atoms with E-state index in [-0.39, 0.29) is 5.75 Å². The van der Waals surface area contributed by atoms with E-state index in [0.717, 1.165) is 11.3 Å². The first kappa shape index (κ1) is 13.8. The Morgan fingerprint density at radius 3 is 2.67 bits per heavy atom. The zero-order chi connectivity index (χ0) is 14.7. The number of aliphatic imine (C=N–C) groups is 1. The van der Waals surface area contributed by atoms with Crippen molar-refractivity contribution in [2.45, 2.75) is 0 Å². The topological polar surface area (TPSA) is 45.5 Å². The maximum absolute atomic E-state index is 9.68. The summed E-state index contributed by atoms with van der Waals surface area (Å²) >= 11 is 7.58. The summed E-state index contributed by atoms with van der Waals surface area (Å²) in [6, 6.07) is 14.6. The van der Waals surface area contributed by atoms with Gasteiger partial charge in [-0.05, 0) is 18.2 Å². The van der Waals surface area contributed by atoms with Crippen LogP contribution >= 0.6 is 22.9 Å². The monoisotopic (exact) mass is 314 g/mol. The van der Waals surface area contributed by atoms with Crippen molar-refractivity contribution in [3.8, 4) is 17.0 Å². The highest BCUT2D eigenvalue weighted by molar-refractivity contribution is 7.13. The Balaban J connectivity index is 1.86. The molecule has 0 saturated carbocycles. The van der Waals surface area contributed by atoms with Crippen molar-refractivity contribution in [3.05, 3.63) is 64.5 Å². The number of benzene rings is 2. The van der Waals surface area contributed by atoms with E-state index in [0.29, 0.717) is 15.7 Å². The Kier molecular flexibility index (Phi) is 3.99. The van der Waals surface area contributed by atoms with Gasteiger partial charge in [0.15, 0.2) is 0 Å². The number of thiazole rings is 1. The Hall–Kier alpha value is -2.17. The molecular formula is C16H11ClN2OS. The molecular weight excluding hydrogens is 304 g/mol. The summed E-state index contributed by atoms with van der Waals surface area (Å²) in [7, 11) is 0. The molecule has 0 aliphatic carbocycles. The van der Waals surface area contributed by atoms with Crippen LogP contribution in [0.4, 0.5) is 5.13 Å². The molecule has 5 heteroatoms. The van der Waals surface area contributed by atoms with Crippen LogP contribution in [0.1, 0.15) is 5.56 Å². The molecule has 0 bridgehead atoms. The predicted molar refractivity (Wildman–Crippen MR) is 87.9 cm³/mol. The molecule has 0 spiro atoms. The summed E-state index contributed by atoms with van der Waals surface area (Å²) in [6.07, 6.45) is 1.60. The Labute approximate surface area is 131 Å². The van der Waals surface area contributed by atoms with E-state index in [2.05, 4.69) is 9.98 Å². The Morgan fingerprint density at radius 2 is 1.86 bits per heavy atom. The first-order chi connectivity index (χ1) is 10.2. The lowest BCUT2D eigenvalue weighted by Crippen LogP contribution is -1.81. The summed E-state index contributed by atoms with van der Waals surface area (Å²) in [5.41, 5.74) is 2.35. The number of nitrogens with zero attached hydrogens (tertiary/aromatic N) is 2. The summed E-state index contributed by atoms with van der Waals surface area (Å²) < 4.78 is 0. The molecule has 1 aromatic heterocycles. The molecule has 1 heterocycles. The van der Waals surface area contributed by atoms with Gasteiger partial charge in [0.1, 0.15) is 5.75 Å². The molecule has 104 valence electrons. The highest BCUT2D eigenvalue weighted by atomic mass is 35.5. The smallest absolute Gasteiger partial charge is 0.209 e. The van der Waals surface area contributed by atoms with E-state index in [1.165, 1.54) is 11.3 Å². The zero-order valence-electron chi connectivity index (χ0n) is 10.9. The number of para-hydroxylation sites is 1. The third kappa shape index (κ3) is 3.12. The van der Waals surface area contributed by atoms with E-state index in [4.69, 9.17) is 11.6 Å². The van der Waals surface area contributed by atoms with E-state index in [1.54, 1.807) is 24.4 Å². The molecule has 0 atom stereocenters. The molecule has 0 aliphatic heterocycles. The van der Waals surface area contributed by atoms with Crippen molar-refractivity contribution in [3.63, 3.8) is 0 Å². The number of hydrogen-bond acceptors (Lipinski definition) is 4. The van der Waals surface area contributed by atoms with E-state index in [1.807, 2.05) is 35.7 Å². The lowest BCUT2D eigenvalue weighted by molar-refractivity contribution is 0.474. The van der Waals surface area contributed by atoms with Gasteiger partial charge in [-0.2, -0.15) is 0 Å². The second-order valence-electron chi connectivity index (χ2n) is 4.31. The fourth-order valence-electron chi connectivity index (χ4n) is 1.84. The summed E-state index contributed by atoms with van der Waals surface area (Å²) in [4.78, 5) is 8.73. The van der Waals surface area contributed by atoms with E-state index < -0.39 is 0 Å². The second kappa shape index (κ2) is 6.08. The molecule has 0 fully saturated rings. The van der Waals surface area contributed by atoms with Gasteiger partial charge in [-0.3, -0.25) is 0 Å². The molecule has 0 amide bonds. The zero-order valence-corrected chi connectivity index (χ0v) is 12.5. The third-order valence-electron chi connectivity index (χ3n) is 2.89. The van der Waals surface area contributed by atoms with Crippen LogP contribution in [0.3, 0.4) is 0 Å². The minimum atomic E-state index is 0.198. The van der Waals surface area contributed by atoms with Gasteiger partial charge in [0.25, 0.3) is 0 Å². The predicted octanol–water partition coefficient (Wildman–Crippen LogP) is 4.92. The first-order valence-electron chi connectivity index (χ1n) is 6.26. The molecule has 3 rings (SSSR count). The van der Waals surface area contributed by atoms with Crippen LogP contribution in [-0.4, -0.2) is 16.3 Å². The second-order valence-corrected chi connectivity index (χ2v) is 5.56. The molecule has 3 aromatic rings. The maximum Gasteiger partial charge on any atom is 0.209 e. The normalized spacial score (nSPS) is 11.1. The quantitative estimate of drug-likeness (QED) is 0.697. The minimum absolute atomic E-state index is 0.198. The van der Waals surface area contributed by atoms with Crippen molar-refractivity contribution in [2.75, 3.05) is 0 Å². The van der Waals surface area contributed by atoms with Crippen LogP contribution in [0.2, 0.25) is 5.02 Å². The van der Waals surface area contributed by atoms with Gasteiger partial charge in [-0.15, -0.1) is 11.3 Å². The summed E-state index contributed by atoms with van der Waals surface area (Å²) in [6.45, 7) is 0. The number of aromatic hydroxyl groups is 1. The van der Waals surface area contributed by atoms with Crippen molar-refractivity contribution in [1.29, 1.82) is 0 Å². The average molecular weight is 315 g/mol. The van der Waals surface area contributed by atoms with Gasteiger partial charge >= 0.3 is 0 Å². The molecule has 1 N–H and O–H groups in total. The standard InChI is InChI=1S/C16H11ClN2OS/c17-13-7-3-2-6-12(13)14-10-21-16(19-14)18-9-11-5-1-4-8-15(11)20/h1-10,20H/b18-9+. The lowest BCUT2D eigenvalue weighted by atomic mass is 10.2. The molecule has 0 aliphatic rings. The highest BCUT2D eigenvalue weighted by Crippen LogP contribution is 2.31. The van der Waals surface area contributed by atoms with Gasteiger partial charge in [-0.25, -0.2) is 9.98 Å². The van der Waals surface area contributed by atoms with Gasteiger partial charge in [-0.1, -0.05) is 41.9 Å².